The molecule has 7 heteroatoms. The van der Waals surface area contributed by atoms with Gasteiger partial charge >= 0.3 is 0 Å². The molecule has 1 aromatic heterocycles. The summed E-state index contributed by atoms with van der Waals surface area (Å²) in [6.07, 6.45) is 2.59. The predicted octanol–water partition coefficient (Wildman–Crippen LogP) is 1.44. The van der Waals surface area contributed by atoms with Crippen LogP contribution in [0.5, 0.6) is 0 Å². The monoisotopic (exact) mass is 312 g/mol. The first kappa shape index (κ1) is 15.9. The Labute approximate surface area is 125 Å². The Morgan fingerprint density at radius 3 is 2.71 bits per heavy atom. The fourth-order valence-electron chi connectivity index (χ4n) is 2.11. The number of rotatable bonds is 4. The third-order valence-electron chi connectivity index (χ3n) is 3.43. The van der Waals surface area contributed by atoms with Gasteiger partial charge in [-0.25, -0.2) is 13.1 Å². The molecule has 6 nitrogen and oxygen atoms in total. The summed E-state index contributed by atoms with van der Waals surface area (Å²) in [6.45, 7) is 4.69. The largest absolute Gasteiger partial charge is 0.380 e. The van der Waals surface area contributed by atoms with E-state index in [1.54, 1.807) is 12.1 Å². The second kappa shape index (κ2) is 6.53. The molecular weight excluding hydrogens is 292 g/mol. The zero-order valence-electron chi connectivity index (χ0n) is 12.2. The number of hydrogen-bond acceptors (Lipinski definition) is 5. The van der Waals surface area contributed by atoms with E-state index in [9.17, 15) is 13.2 Å². The van der Waals surface area contributed by atoms with Crippen molar-refractivity contribution in [3.8, 4) is 0 Å². The number of carbonyl (C=O) groups is 1. The molecule has 0 saturated carbocycles. The van der Waals surface area contributed by atoms with Gasteiger partial charge in [0.15, 0.2) is 0 Å². The number of carbonyl (C=O) groups excluding carboxylic acids is 1. The summed E-state index contributed by atoms with van der Waals surface area (Å²) in [6, 6.07) is 3.32. The van der Waals surface area contributed by atoms with E-state index in [-0.39, 0.29) is 18.1 Å². The van der Waals surface area contributed by atoms with Crippen molar-refractivity contribution in [2.24, 2.45) is 0 Å². The highest BCUT2D eigenvalue weighted by Gasteiger charge is 2.29. The molecule has 0 spiro atoms. The lowest BCUT2D eigenvalue weighted by Crippen LogP contribution is -2.42. The van der Waals surface area contributed by atoms with Crippen molar-refractivity contribution in [2.75, 3.05) is 13.2 Å². The van der Waals surface area contributed by atoms with Crippen LogP contribution in [-0.2, 0) is 14.8 Å². The number of sulfonamides is 1. The SMILES string of the molecule is CC(C)c1ccc(C(=O)NS(=O)(=O)C2CCCOC2)cn1. The number of ether oxygens (including phenoxy) is 1. The maximum absolute atomic E-state index is 12.1. The van der Waals surface area contributed by atoms with Crippen LogP contribution < -0.4 is 4.72 Å². The molecular formula is C14H20N2O4S. The minimum atomic E-state index is -3.71. The molecule has 21 heavy (non-hydrogen) atoms. The van der Waals surface area contributed by atoms with E-state index in [2.05, 4.69) is 9.71 Å². The smallest absolute Gasteiger partial charge is 0.266 e. The Balaban J connectivity index is 2.06. The summed E-state index contributed by atoms with van der Waals surface area (Å²) in [5.74, 6) is -0.395. The molecule has 0 bridgehead atoms. The van der Waals surface area contributed by atoms with Crippen molar-refractivity contribution < 1.29 is 17.9 Å². The summed E-state index contributed by atoms with van der Waals surface area (Å²) in [5.41, 5.74) is 1.09. The highest BCUT2D eigenvalue weighted by atomic mass is 32.2. The van der Waals surface area contributed by atoms with Crippen molar-refractivity contribution in [3.63, 3.8) is 0 Å². The molecule has 1 atom stereocenters. The molecule has 1 aliphatic rings. The van der Waals surface area contributed by atoms with Gasteiger partial charge in [0.1, 0.15) is 5.25 Å². The summed E-state index contributed by atoms with van der Waals surface area (Å²) < 4.78 is 31.5. The van der Waals surface area contributed by atoms with Gasteiger partial charge in [-0.3, -0.25) is 9.78 Å². The van der Waals surface area contributed by atoms with Crippen LogP contribution in [0.4, 0.5) is 0 Å². The molecule has 0 aliphatic carbocycles. The molecule has 2 heterocycles. The maximum Gasteiger partial charge on any atom is 0.266 e. The second-order valence-corrected chi connectivity index (χ2v) is 7.40. The van der Waals surface area contributed by atoms with Gasteiger partial charge in [-0.15, -0.1) is 0 Å². The summed E-state index contributed by atoms with van der Waals surface area (Å²) in [7, 11) is -3.71. The summed E-state index contributed by atoms with van der Waals surface area (Å²) in [4.78, 5) is 16.2. The fraction of sp³-hybridized carbons (Fsp3) is 0.571. The van der Waals surface area contributed by atoms with Crippen LogP contribution in [0.2, 0.25) is 0 Å². The van der Waals surface area contributed by atoms with Crippen LogP contribution in [0.15, 0.2) is 18.3 Å². The van der Waals surface area contributed by atoms with Crippen LogP contribution in [0.1, 0.15) is 48.7 Å². The van der Waals surface area contributed by atoms with E-state index in [4.69, 9.17) is 4.74 Å². The lowest BCUT2D eigenvalue weighted by molar-refractivity contribution is 0.0953. The van der Waals surface area contributed by atoms with E-state index in [1.165, 1.54) is 6.20 Å². The number of nitrogens with one attached hydrogen (secondary N) is 1. The third kappa shape index (κ3) is 4.01. The number of nitrogens with zero attached hydrogens (tertiary/aromatic N) is 1. The molecule has 2 rings (SSSR count). The van der Waals surface area contributed by atoms with E-state index >= 15 is 0 Å². The minimum Gasteiger partial charge on any atom is -0.380 e. The Bertz CT molecular complexity index is 590. The van der Waals surface area contributed by atoms with Gasteiger partial charge in [0.25, 0.3) is 5.91 Å². The molecule has 0 aromatic carbocycles. The van der Waals surface area contributed by atoms with Crippen molar-refractivity contribution in [2.45, 2.75) is 37.9 Å². The summed E-state index contributed by atoms with van der Waals surface area (Å²) >= 11 is 0. The Hall–Kier alpha value is -1.47. The Morgan fingerprint density at radius 2 is 2.19 bits per heavy atom. The van der Waals surface area contributed by atoms with Crippen LogP contribution >= 0.6 is 0 Å². The predicted molar refractivity (Wildman–Crippen MR) is 78.6 cm³/mol. The van der Waals surface area contributed by atoms with Gasteiger partial charge in [-0.2, -0.15) is 0 Å². The fourth-order valence-corrected chi connectivity index (χ4v) is 3.40. The van der Waals surface area contributed by atoms with E-state index < -0.39 is 21.2 Å². The lowest BCUT2D eigenvalue weighted by atomic mass is 10.1. The van der Waals surface area contributed by atoms with Crippen molar-refractivity contribution >= 4 is 15.9 Å². The number of amides is 1. The average Bonchev–Trinajstić information content (AvgIpc) is 2.48. The zero-order chi connectivity index (χ0) is 15.5. The van der Waals surface area contributed by atoms with Gasteiger partial charge in [0.2, 0.25) is 10.0 Å². The molecule has 1 N–H and O–H groups in total. The van der Waals surface area contributed by atoms with Crippen molar-refractivity contribution in [3.05, 3.63) is 29.6 Å². The van der Waals surface area contributed by atoms with Gasteiger partial charge in [-0.1, -0.05) is 13.8 Å². The standard InChI is InChI=1S/C14H20N2O4S/c1-10(2)13-6-5-11(8-15-13)14(17)16-21(18,19)12-4-3-7-20-9-12/h5-6,8,10,12H,3-4,7,9H2,1-2H3,(H,16,17). The molecule has 1 amide bonds. The van der Waals surface area contributed by atoms with E-state index in [0.29, 0.717) is 19.4 Å². The number of aromatic nitrogens is 1. The third-order valence-corrected chi connectivity index (χ3v) is 5.15. The number of pyridine rings is 1. The molecule has 1 aromatic rings. The molecule has 1 fully saturated rings. The molecule has 1 saturated heterocycles. The van der Waals surface area contributed by atoms with E-state index in [1.807, 2.05) is 13.8 Å². The quantitative estimate of drug-likeness (QED) is 0.909. The van der Waals surface area contributed by atoms with Crippen LogP contribution in [0, 0.1) is 0 Å². The molecule has 116 valence electrons. The first-order chi connectivity index (χ1) is 9.90. The zero-order valence-corrected chi connectivity index (χ0v) is 13.0. The van der Waals surface area contributed by atoms with Gasteiger partial charge in [-0.05, 0) is 30.9 Å². The average molecular weight is 312 g/mol. The van der Waals surface area contributed by atoms with Gasteiger partial charge < -0.3 is 4.74 Å². The van der Waals surface area contributed by atoms with Crippen molar-refractivity contribution in [1.29, 1.82) is 0 Å². The Morgan fingerprint density at radius 1 is 1.43 bits per heavy atom. The van der Waals surface area contributed by atoms with Gasteiger partial charge in [0, 0.05) is 18.5 Å². The highest BCUT2D eigenvalue weighted by Crippen LogP contribution is 2.15. The molecule has 1 aliphatic heterocycles. The van der Waals surface area contributed by atoms with Gasteiger partial charge in [0.05, 0.1) is 12.2 Å². The first-order valence-corrected chi connectivity index (χ1v) is 8.54. The first-order valence-electron chi connectivity index (χ1n) is 7.00. The van der Waals surface area contributed by atoms with Crippen LogP contribution in [0.3, 0.4) is 0 Å². The molecule has 0 radical (unpaired) electrons. The topological polar surface area (TPSA) is 85.4 Å². The molecule has 1 unspecified atom stereocenters. The highest BCUT2D eigenvalue weighted by molar-refractivity contribution is 7.90. The van der Waals surface area contributed by atoms with Crippen molar-refractivity contribution in [1.82, 2.24) is 9.71 Å². The van der Waals surface area contributed by atoms with Crippen LogP contribution in [0.25, 0.3) is 0 Å². The lowest BCUT2D eigenvalue weighted by Gasteiger charge is -2.22. The number of hydrogen-bond donors (Lipinski definition) is 1. The summed E-state index contributed by atoms with van der Waals surface area (Å²) in [5, 5.41) is -0.668. The minimum absolute atomic E-state index is 0.132. The second-order valence-electron chi connectivity index (χ2n) is 5.44. The Kier molecular flexibility index (Phi) is 4.95. The van der Waals surface area contributed by atoms with E-state index in [0.717, 1.165) is 5.69 Å². The normalized spacial score (nSPS) is 19.5. The maximum atomic E-state index is 12.1. The van der Waals surface area contributed by atoms with Crippen LogP contribution in [-0.4, -0.2) is 37.8 Å².